The van der Waals surface area contributed by atoms with Crippen LogP contribution < -0.4 is 0 Å². The standard InChI is InChI=1S/C13H16BrClFNO/c1-2-3-8-17(9-7-15)13(18)12-10(14)5-4-6-11(12)16/h4-6H,2-3,7-9H2,1H3. The number of nitrogens with zero attached hydrogens (tertiary/aromatic N) is 1. The third-order valence-electron chi connectivity index (χ3n) is 2.60. The molecule has 0 bridgehead atoms. The first kappa shape index (κ1) is 15.4. The van der Waals surface area contributed by atoms with Crippen molar-refractivity contribution < 1.29 is 9.18 Å². The maximum absolute atomic E-state index is 13.7. The summed E-state index contributed by atoms with van der Waals surface area (Å²) < 4.78 is 14.2. The van der Waals surface area contributed by atoms with Crippen LogP contribution in [0.2, 0.25) is 0 Å². The molecule has 0 N–H and O–H groups in total. The van der Waals surface area contributed by atoms with Crippen molar-refractivity contribution in [2.45, 2.75) is 19.8 Å². The highest BCUT2D eigenvalue weighted by atomic mass is 79.9. The van der Waals surface area contributed by atoms with Crippen LogP contribution in [0.25, 0.3) is 0 Å². The van der Waals surface area contributed by atoms with Gasteiger partial charge in [-0.25, -0.2) is 4.39 Å². The number of amides is 1. The van der Waals surface area contributed by atoms with E-state index in [2.05, 4.69) is 15.9 Å². The Labute approximate surface area is 120 Å². The second-order valence-corrected chi connectivity index (χ2v) is 5.16. The van der Waals surface area contributed by atoms with E-state index in [9.17, 15) is 9.18 Å². The molecule has 0 fully saturated rings. The van der Waals surface area contributed by atoms with Crippen LogP contribution in [0.3, 0.4) is 0 Å². The number of halogens is 3. The maximum Gasteiger partial charge on any atom is 0.258 e. The highest BCUT2D eigenvalue weighted by Gasteiger charge is 2.20. The molecule has 0 unspecified atom stereocenters. The highest BCUT2D eigenvalue weighted by Crippen LogP contribution is 2.21. The summed E-state index contributed by atoms with van der Waals surface area (Å²) in [7, 11) is 0. The zero-order valence-electron chi connectivity index (χ0n) is 10.3. The van der Waals surface area contributed by atoms with Gasteiger partial charge in [-0.05, 0) is 34.5 Å². The van der Waals surface area contributed by atoms with E-state index in [4.69, 9.17) is 11.6 Å². The average molecular weight is 337 g/mol. The van der Waals surface area contributed by atoms with Crippen LogP contribution in [0.15, 0.2) is 22.7 Å². The van der Waals surface area contributed by atoms with Gasteiger partial charge in [0.15, 0.2) is 0 Å². The molecule has 1 rings (SSSR count). The van der Waals surface area contributed by atoms with Gasteiger partial charge in [-0.1, -0.05) is 19.4 Å². The summed E-state index contributed by atoms with van der Waals surface area (Å²) in [5.74, 6) is -0.471. The summed E-state index contributed by atoms with van der Waals surface area (Å²) >= 11 is 8.90. The molecule has 0 aliphatic carbocycles. The lowest BCUT2D eigenvalue weighted by atomic mass is 10.1. The van der Waals surface area contributed by atoms with Crippen LogP contribution in [0.5, 0.6) is 0 Å². The number of benzene rings is 1. The number of carbonyl (C=O) groups is 1. The summed E-state index contributed by atoms with van der Waals surface area (Å²) in [6, 6.07) is 4.51. The molecule has 0 spiro atoms. The molecule has 0 saturated carbocycles. The third-order valence-corrected chi connectivity index (χ3v) is 3.43. The van der Waals surface area contributed by atoms with E-state index < -0.39 is 5.82 Å². The summed E-state index contributed by atoms with van der Waals surface area (Å²) in [5.41, 5.74) is 0.0821. The molecule has 0 radical (unpaired) electrons. The van der Waals surface area contributed by atoms with E-state index in [0.29, 0.717) is 23.4 Å². The van der Waals surface area contributed by atoms with Gasteiger partial charge in [-0.15, -0.1) is 11.6 Å². The fourth-order valence-corrected chi connectivity index (χ4v) is 2.34. The van der Waals surface area contributed by atoms with Crippen LogP contribution in [0.4, 0.5) is 4.39 Å². The Bertz CT molecular complexity index is 394. The van der Waals surface area contributed by atoms with Gasteiger partial charge < -0.3 is 4.90 Å². The van der Waals surface area contributed by atoms with E-state index in [0.717, 1.165) is 12.8 Å². The molecule has 0 aliphatic heterocycles. The van der Waals surface area contributed by atoms with Crippen LogP contribution in [-0.4, -0.2) is 29.8 Å². The first-order valence-electron chi connectivity index (χ1n) is 5.91. The first-order chi connectivity index (χ1) is 8.61. The highest BCUT2D eigenvalue weighted by molar-refractivity contribution is 9.10. The van der Waals surface area contributed by atoms with Gasteiger partial charge in [0.05, 0.1) is 5.56 Å². The Balaban J connectivity index is 2.94. The Morgan fingerprint density at radius 3 is 2.72 bits per heavy atom. The molecule has 1 aromatic carbocycles. The topological polar surface area (TPSA) is 20.3 Å². The van der Waals surface area contributed by atoms with Gasteiger partial charge in [0.2, 0.25) is 0 Å². The Kier molecular flexibility index (Phi) is 6.65. The fraction of sp³-hybridized carbons (Fsp3) is 0.462. The van der Waals surface area contributed by atoms with Crippen molar-refractivity contribution in [2.24, 2.45) is 0 Å². The maximum atomic E-state index is 13.7. The molecule has 0 atom stereocenters. The van der Waals surface area contributed by atoms with Crippen molar-refractivity contribution in [1.29, 1.82) is 0 Å². The Morgan fingerprint density at radius 2 is 2.17 bits per heavy atom. The van der Waals surface area contributed by atoms with Crippen molar-refractivity contribution in [3.63, 3.8) is 0 Å². The van der Waals surface area contributed by atoms with E-state index in [1.165, 1.54) is 6.07 Å². The van der Waals surface area contributed by atoms with Crippen LogP contribution >= 0.6 is 27.5 Å². The number of carbonyl (C=O) groups excluding carboxylic acids is 1. The van der Waals surface area contributed by atoms with Gasteiger partial charge in [0.25, 0.3) is 5.91 Å². The zero-order chi connectivity index (χ0) is 13.5. The number of alkyl halides is 1. The number of hydrogen-bond acceptors (Lipinski definition) is 1. The Hall–Kier alpha value is -0.610. The molecule has 18 heavy (non-hydrogen) atoms. The van der Waals surface area contributed by atoms with Gasteiger partial charge in [-0.3, -0.25) is 4.79 Å². The van der Waals surface area contributed by atoms with Crippen molar-refractivity contribution in [3.8, 4) is 0 Å². The number of unbranched alkanes of at least 4 members (excludes halogenated alkanes) is 1. The van der Waals surface area contributed by atoms with E-state index in [1.807, 2.05) is 6.92 Å². The second kappa shape index (κ2) is 7.74. The second-order valence-electron chi connectivity index (χ2n) is 3.93. The predicted molar refractivity (Wildman–Crippen MR) is 75.6 cm³/mol. The molecule has 100 valence electrons. The molecule has 0 heterocycles. The molecular weight excluding hydrogens is 321 g/mol. The van der Waals surface area contributed by atoms with Gasteiger partial charge >= 0.3 is 0 Å². The third kappa shape index (κ3) is 3.95. The van der Waals surface area contributed by atoms with Gasteiger partial charge in [0.1, 0.15) is 5.82 Å². The minimum Gasteiger partial charge on any atom is -0.337 e. The van der Waals surface area contributed by atoms with Gasteiger partial charge in [0, 0.05) is 23.4 Å². The molecule has 5 heteroatoms. The molecule has 0 aliphatic rings. The van der Waals surface area contributed by atoms with Crippen molar-refractivity contribution in [1.82, 2.24) is 4.90 Å². The molecule has 0 aromatic heterocycles. The quantitative estimate of drug-likeness (QED) is 0.717. The van der Waals surface area contributed by atoms with E-state index in [-0.39, 0.29) is 11.5 Å². The lowest BCUT2D eigenvalue weighted by Crippen LogP contribution is -2.34. The largest absolute Gasteiger partial charge is 0.337 e. The lowest BCUT2D eigenvalue weighted by molar-refractivity contribution is 0.0757. The minimum atomic E-state index is -0.509. The van der Waals surface area contributed by atoms with Gasteiger partial charge in [-0.2, -0.15) is 0 Å². The van der Waals surface area contributed by atoms with Crippen molar-refractivity contribution in [2.75, 3.05) is 19.0 Å². The molecule has 1 aromatic rings. The molecular formula is C13H16BrClFNO. The van der Waals surface area contributed by atoms with E-state index in [1.54, 1.807) is 17.0 Å². The lowest BCUT2D eigenvalue weighted by Gasteiger charge is -2.22. The molecule has 0 saturated heterocycles. The van der Waals surface area contributed by atoms with Crippen LogP contribution in [-0.2, 0) is 0 Å². The number of hydrogen-bond donors (Lipinski definition) is 0. The minimum absolute atomic E-state index is 0.0821. The Morgan fingerprint density at radius 1 is 1.44 bits per heavy atom. The van der Waals surface area contributed by atoms with Crippen LogP contribution in [0, 0.1) is 5.82 Å². The van der Waals surface area contributed by atoms with E-state index >= 15 is 0 Å². The normalized spacial score (nSPS) is 10.4. The smallest absolute Gasteiger partial charge is 0.258 e. The first-order valence-corrected chi connectivity index (χ1v) is 7.23. The fourth-order valence-electron chi connectivity index (χ4n) is 1.63. The number of rotatable bonds is 6. The summed E-state index contributed by atoms with van der Waals surface area (Å²) in [6.07, 6.45) is 1.86. The SMILES string of the molecule is CCCCN(CCCl)C(=O)c1c(F)cccc1Br. The summed E-state index contributed by atoms with van der Waals surface area (Å²) in [4.78, 5) is 13.9. The molecule has 1 amide bonds. The predicted octanol–water partition coefficient (Wildman–Crippen LogP) is 4.07. The van der Waals surface area contributed by atoms with Crippen molar-refractivity contribution in [3.05, 3.63) is 34.1 Å². The summed E-state index contributed by atoms with van der Waals surface area (Å²) in [5, 5.41) is 0. The van der Waals surface area contributed by atoms with Crippen molar-refractivity contribution >= 4 is 33.4 Å². The molecule has 2 nitrogen and oxygen atoms in total. The zero-order valence-corrected chi connectivity index (χ0v) is 12.6. The monoisotopic (exact) mass is 335 g/mol. The average Bonchev–Trinajstić information content (AvgIpc) is 2.34. The summed E-state index contributed by atoms with van der Waals surface area (Å²) in [6.45, 7) is 3.08. The van der Waals surface area contributed by atoms with Crippen LogP contribution in [0.1, 0.15) is 30.1 Å².